The van der Waals surface area contributed by atoms with Gasteiger partial charge in [-0.05, 0) is 30.9 Å². The summed E-state index contributed by atoms with van der Waals surface area (Å²) >= 11 is 0. The molecule has 0 amide bonds. The molecule has 0 saturated heterocycles. The lowest BCUT2D eigenvalue weighted by Crippen LogP contribution is -2.38. The molecule has 0 radical (unpaired) electrons. The second-order valence-electron chi connectivity index (χ2n) is 5.25. The van der Waals surface area contributed by atoms with Gasteiger partial charge < -0.3 is 0 Å². The van der Waals surface area contributed by atoms with Crippen LogP contribution >= 0.6 is 0 Å². The zero-order valence-corrected chi connectivity index (χ0v) is 12.4. The molecular weight excluding hydrogens is 274 g/mol. The van der Waals surface area contributed by atoms with Gasteiger partial charge in [-0.15, -0.1) is 0 Å². The Morgan fingerprint density at radius 1 is 1.45 bits per heavy atom. The molecule has 2 atom stereocenters. The van der Waals surface area contributed by atoms with Crippen LogP contribution in [0.2, 0.25) is 0 Å². The summed E-state index contributed by atoms with van der Waals surface area (Å²) in [5.74, 6) is 0.607. The second kappa shape index (κ2) is 6.33. The van der Waals surface area contributed by atoms with Gasteiger partial charge in [0, 0.05) is 12.2 Å². The van der Waals surface area contributed by atoms with Gasteiger partial charge >= 0.3 is 0 Å². The number of pyridine rings is 1. The zero-order valence-electron chi connectivity index (χ0n) is 11.5. The standard InChI is InChI=1S/C14H19N3O2S/c1-2-11-4-3-5-12(8-11)17-20(18,19)14-7-6-13(9-15)16-10-14/h6-7,10-12,17H,2-5,8H2,1H3. The molecule has 0 spiro atoms. The van der Waals surface area contributed by atoms with Crippen LogP contribution in [0, 0.1) is 17.2 Å². The maximum Gasteiger partial charge on any atom is 0.242 e. The Bertz CT molecular complexity index is 590. The topological polar surface area (TPSA) is 82.9 Å². The summed E-state index contributed by atoms with van der Waals surface area (Å²) in [6, 6.07) is 4.73. The van der Waals surface area contributed by atoms with E-state index in [-0.39, 0.29) is 16.6 Å². The maximum atomic E-state index is 12.3. The number of nitrogens with one attached hydrogen (secondary N) is 1. The minimum absolute atomic E-state index is 0.00865. The summed E-state index contributed by atoms with van der Waals surface area (Å²) < 4.78 is 27.3. The van der Waals surface area contributed by atoms with Gasteiger partial charge in [-0.3, -0.25) is 0 Å². The summed E-state index contributed by atoms with van der Waals surface area (Å²) in [6.07, 6.45) is 6.38. The molecule has 1 fully saturated rings. The molecule has 108 valence electrons. The molecule has 5 nitrogen and oxygen atoms in total. The quantitative estimate of drug-likeness (QED) is 0.922. The number of nitriles is 1. The Balaban J connectivity index is 2.08. The van der Waals surface area contributed by atoms with Crippen molar-refractivity contribution in [2.75, 3.05) is 0 Å². The van der Waals surface area contributed by atoms with Crippen LogP contribution < -0.4 is 4.72 Å². The van der Waals surface area contributed by atoms with E-state index in [0.717, 1.165) is 25.7 Å². The largest absolute Gasteiger partial charge is 0.244 e. The van der Waals surface area contributed by atoms with Crippen molar-refractivity contribution in [1.29, 1.82) is 5.26 Å². The van der Waals surface area contributed by atoms with E-state index in [9.17, 15) is 8.42 Å². The lowest BCUT2D eigenvalue weighted by molar-refractivity contribution is 0.301. The first-order chi connectivity index (χ1) is 9.55. The van der Waals surface area contributed by atoms with Crippen LogP contribution in [0.4, 0.5) is 0 Å². The number of hydrogen-bond donors (Lipinski definition) is 1. The van der Waals surface area contributed by atoms with Gasteiger partial charge in [-0.2, -0.15) is 5.26 Å². The van der Waals surface area contributed by atoms with Crippen molar-refractivity contribution < 1.29 is 8.42 Å². The SMILES string of the molecule is CCC1CCCC(NS(=O)(=O)c2ccc(C#N)nc2)C1. The summed E-state index contributed by atoms with van der Waals surface area (Å²) in [5, 5.41) is 8.67. The van der Waals surface area contributed by atoms with E-state index >= 15 is 0 Å². The van der Waals surface area contributed by atoms with Gasteiger partial charge in [-0.25, -0.2) is 18.1 Å². The van der Waals surface area contributed by atoms with E-state index in [1.165, 1.54) is 24.8 Å². The fraction of sp³-hybridized carbons (Fsp3) is 0.571. The molecule has 0 aliphatic heterocycles. The van der Waals surface area contributed by atoms with Crippen LogP contribution in [-0.4, -0.2) is 19.4 Å². The first-order valence-corrected chi connectivity index (χ1v) is 8.42. The van der Waals surface area contributed by atoms with E-state index in [2.05, 4.69) is 16.6 Å². The molecule has 1 aliphatic rings. The molecule has 1 saturated carbocycles. The Morgan fingerprint density at radius 3 is 2.85 bits per heavy atom. The monoisotopic (exact) mass is 293 g/mol. The molecule has 20 heavy (non-hydrogen) atoms. The van der Waals surface area contributed by atoms with Crippen LogP contribution in [0.1, 0.15) is 44.7 Å². The van der Waals surface area contributed by atoms with Crippen molar-refractivity contribution >= 4 is 10.0 Å². The van der Waals surface area contributed by atoms with Crippen molar-refractivity contribution in [1.82, 2.24) is 9.71 Å². The average molecular weight is 293 g/mol. The lowest BCUT2D eigenvalue weighted by Gasteiger charge is -2.28. The van der Waals surface area contributed by atoms with Crippen molar-refractivity contribution in [3.63, 3.8) is 0 Å². The Kier molecular flexibility index (Phi) is 4.73. The molecule has 1 N–H and O–H groups in total. The molecular formula is C14H19N3O2S. The molecule has 0 aromatic carbocycles. The van der Waals surface area contributed by atoms with Gasteiger partial charge in [0.15, 0.2) is 0 Å². The number of nitrogens with zero attached hydrogens (tertiary/aromatic N) is 2. The number of sulfonamides is 1. The number of aromatic nitrogens is 1. The molecule has 1 aliphatic carbocycles. The molecule has 1 aromatic rings. The van der Waals surface area contributed by atoms with Crippen LogP contribution in [0.5, 0.6) is 0 Å². The van der Waals surface area contributed by atoms with Gasteiger partial charge in [0.05, 0.1) is 0 Å². The highest BCUT2D eigenvalue weighted by atomic mass is 32.2. The summed E-state index contributed by atoms with van der Waals surface area (Å²) in [5.41, 5.74) is 0.215. The number of hydrogen-bond acceptors (Lipinski definition) is 4. The molecule has 0 bridgehead atoms. The smallest absolute Gasteiger partial charge is 0.242 e. The average Bonchev–Trinajstić information content (AvgIpc) is 2.47. The Hall–Kier alpha value is -1.45. The predicted molar refractivity (Wildman–Crippen MR) is 75.3 cm³/mol. The third-order valence-corrected chi connectivity index (χ3v) is 5.35. The maximum absolute atomic E-state index is 12.3. The second-order valence-corrected chi connectivity index (χ2v) is 6.96. The predicted octanol–water partition coefficient (Wildman–Crippen LogP) is 2.20. The number of rotatable bonds is 4. The lowest BCUT2D eigenvalue weighted by atomic mass is 9.85. The van der Waals surface area contributed by atoms with E-state index < -0.39 is 10.0 Å². The van der Waals surface area contributed by atoms with Crippen molar-refractivity contribution in [3.8, 4) is 6.07 Å². The highest BCUT2D eigenvalue weighted by molar-refractivity contribution is 7.89. The first kappa shape index (κ1) is 14.9. The molecule has 2 rings (SSSR count). The van der Waals surface area contributed by atoms with Crippen LogP contribution in [0.25, 0.3) is 0 Å². The fourth-order valence-corrected chi connectivity index (χ4v) is 3.89. The van der Waals surface area contributed by atoms with Crippen LogP contribution in [-0.2, 0) is 10.0 Å². The summed E-state index contributed by atoms with van der Waals surface area (Å²) in [7, 11) is -3.54. The summed E-state index contributed by atoms with van der Waals surface area (Å²) in [6.45, 7) is 2.14. The minimum Gasteiger partial charge on any atom is -0.244 e. The van der Waals surface area contributed by atoms with E-state index in [0.29, 0.717) is 5.92 Å². The molecule has 6 heteroatoms. The highest BCUT2D eigenvalue weighted by Crippen LogP contribution is 2.27. The normalized spacial score (nSPS) is 23.2. The van der Waals surface area contributed by atoms with Crippen molar-refractivity contribution in [3.05, 3.63) is 24.0 Å². The summed E-state index contributed by atoms with van der Waals surface area (Å²) in [4.78, 5) is 3.93. The van der Waals surface area contributed by atoms with Crippen molar-refractivity contribution in [2.24, 2.45) is 5.92 Å². The third kappa shape index (κ3) is 3.56. The van der Waals surface area contributed by atoms with Gasteiger partial charge in [-0.1, -0.05) is 26.2 Å². The van der Waals surface area contributed by atoms with Crippen LogP contribution in [0.15, 0.2) is 23.2 Å². The molecule has 2 unspecified atom stereocenters. The van der Waals surface area contributed by atoms with E-state index in [4.69, 9.17) is 5.26 Å². The zero-order chi connectivity index (χ0) is 14.6. The van der Waals surface area contributed by atoms with Gasteiger partial charge in [0.25, 0.3) is 0 Å². The Morgan fingerprint density at radius 2 is 2.25 bits per heavy atom. The highest BCUT2D eigenvalue weighted by Gasteiger charge is 2.25. The van der Waals surface area contributed by atoms with Crippen LogP contribution in [0.3, 0.4) is 0 Å². The molecule has 1 heterocycles. The third-order valence-electron chi connectivity index (χ3n) is 3.84. The van der Waals surface area contributed by atoms with Gasteiger partial charge in [0.1, 0.15) is 16.7 Å². The Labute approximate surface area is 120 Å². The van der Waals surface area contributed by atoms with E-state index in [1.807, 2.05) is 6.07 Å². The molecule has 1 aromatic heterocycles. The minimum atomic E-state index is -3.54. The van der Waals surface area contributed by atoms with Crippen molar-refractivity contribution in [2.45, 2.75) is 50.0 Å². The fourth-order valence-electron chi connectivity index (χ4n) is 2.66. The first-order valence-electron chi connectivity index (χ1n) is 6.93. The van der Waals surface area contributed by atoms with E-state index in [1.54, 1.807) is 0 Å². The van der Waals surface area contributed by atoms with Gasteiger partial charge in [0.2, 0.25) is 10.0 Å².